The zero-order valence-electron chi connectivity index (χ0n) is 17.7. The Labute approximate surface area is 194 Å². The molecule has 0 spiro atoms. The van der Waals surface area contributed by atoms with Gasteiger partial charge in [-0.1, -0.05) is 11.6 Å². The summed E-state index contributed by atoms with van der Waals surface area (Å²) in [4.78, 5) is 20.7. The maximum Gasteiger partial charge on any atom is 0.390 e. The van der Waals surface area contributed by atoms with Crippen LogP contribution in [0.4, 0.5) is 24.5 Å². The highest BCUT2D eigenvalue weighted by Crippen LogP contribution is 2.31. The zero-order chi connectivity index (χ0) is 23.4. The summed E-state index contributed by atoms with van der Waals surface area (Å²) in [6, 6.07) is 12.3. The van der Waals surface area contributed by atoms with Crippen molar-refractivity contribution in [2.45, 2.75) is 12.6 Å². The lowest BCUT2D eigenvalue weighted by Gasteiger charge is -2.37. The van der Waals surface area contributed by atoms with Crippen molar-refractivity contribution in [3.05, 3.63) is 71.8 Å². The number of nitrogens with zero attached hydrogens (tertiary/aromatic N) is 4. The highest BCUT2D eigenvalue weighted by atomic mass is 35.5. The van der Waals surface area contributed by atoms with E-state index in [0.717, 1.165) is 11.4 Å². The van der Waals surface area contributed by atoms with Gasteiger partial charge >= 0.3 is 6.18 Å². The van der Waals surface area contributed by atoms with Gasteiger partial charge in [0.2, 0.25) is 0 Å². The van der Waals surface area contributed by atoms with Gasteiger partial charge in [0.25, 0.3) is 5.91 Å². The summed E-state index contributed by atoms with van der Waals surface area (Å²) >= 11 is 6.20. The van der Waals surface area contributed by atoms with Crippen LogP contribution < -0.4 is 10.2 Å². The van der Waals surface area contributed by atoms with Crippen LogP contribution in [0.2, 0.25) is 5.02 Å². The Morgan fingerprint density at radius 1 is 1.06 bits per heavy atom. The summed E-state index contributed by atoms with van der Waals surface area (Å²) in [5.74, 6) is -0.264. The lowest BCUT2D eigenvalue weighted by atomic mass is 10.1. The molecule has 4 rings (SSSR count). The minimum Gasteiger partial charge on any atom is -0.367 e. The number of amides is 1. The summed E-state index contributed by atoms with van der Waals surface area (Å²) < 4.78 is 39.4. The first-order valence-corrected chi connectivity index (χ1v) is 10.9. The van der Waals surface area contributed by atoms with Crippen LogP contribution in [0.5, 0.6) is 0 Å². The van der Waals surface area contributed by atoms with Crippen molar-refractivity contribution >= 4 is 28.9 Å². The van der Waals surface area contributed by atoms with Gasteiger partial charge in [-0.05, 0) is 42.5 Å². The molecule has 0 saturated carbocycles. The smallest absolute Gasteiger partial charge is 0.367 e. The first-order valence-electron chi connectivity index (χ1n) is 10.5. The molecule has 3 aromatic rings. The average Bonchev–Trinajstić information content (AvgIpc) is 3.34. The molecular formula is C23H23ClF3N5O. The monoisotopic (exact) mass is 477 g/mol. The second-order valence-corrected chi connectivity index (χ2v) is 8.26. The number of carbonyl (C=O) groups is 1. The first-order chi connectivity index (χ1) is 15.8. The summed E-state index contributed by atoms with van der Waals surface area (Å²) in [5.41, 5.74) is 2.74. The molecular weight excluding hydrogens is 455 g/mol. The number of nitrogens with one attached hydrogen (secondary N) is 1. The van der Waals surface area contributed by atoms with Crippen LogP contribution in [0, 0.1) is 0 Å². The van der Waals surface area contributed by atoms with E-state index < -0.39 is 12.6 Å². The minimum atomic E-state index is -4.15. The van der Waals surface area contributed by atoms with Crippen LogP contribution >= 0.6 is 11.6 Å². The van der Waals surface area contributed by atoms with Crippen LogP contribution in [0.25, 0.3) is 5.69 Å². The molecule has 2 heterocycles. The molecule has 1 aliphatic heterocycles. The summed E-state index contributed by atoms with van der Waals surface area (Å²) in [6.07, 6.45) is 0.207. The highest BCUT2D eigenvalue weighted by Gasteiger charge is 2.29. The third-order valence-electron chi connectivity index (χ3n) is 5.56. The number of aromatic nitrogens is 2. The molecule has 33 heavy (non-hydrogen) atoms. The number of carbonyl (C=O) groups excluding carboxylic acids is 1. The average molecular weight is 478 g/mol. The van der Waals surface area contributed by atoms with Crippen molar-refractivity contribution in [3.63, 3.8) is 0 Å². The molecule has 1 N–H and O–H groups in total. The second-order valence-electron chi connectivity index (χ2n) is 7.83. The number of alkyl halides is 3. The standard InChI is InChI=1S/C23H23ClF3N5O/c24-18-3-6-20(21(15-18)31-13-11-30(12-14-31)9-7-23(25,26)27)29-22(33)17-1-4-19(5-2-17)32-10-8-28-16-32/h1-6,8,10,15-16H,7,9,11-14H2,(H,29,33). The normalized spacial score (nSPS) is 15.0. The van der Waals surface area contributed by atoms with Gasteiger partial charge in [0.1, 0.15) is 0 Å². The topological polar surface area (TPSA) is 53.4 Å². The van der Waals surface area contributed by atoms with Crippen molar-refractivity contribution in [2.75, 3.05) is 42.9 Å². The molecule has 1 saturated heterocycles. The van der Waals surface area contributed by atoms with E-state index in [0.29, 0.717) is 42.5 Å². The van der Waals surface area contributed by atoms with Crippen LogP contribution in [0.3, 0.4) is 0 Å². The highest BCUT2D eigenvalue weighted by molar-refractivity contribution is 6.31. The maximum atomic E-state index is 12.9. The van der Waals surface area contributed by atoms with Gasteiger partial charge in [-0.2, -0.15) is 13.2 Å². The third kappa shape index (κ3) is 6.06. The second kappa shape index (κ2) is 9.84. The Hall–Kier alpha value is -3.04. The molecule has 6 nitrogen and oxygen atoms in total. The fourth-order valence-electron chi connectivity index (χ4n) is 3.76. The Kier molecular flexibility index (Phi) is 6.90. The third-order valence-corrected chi connectivity index (χ3v) is 5.80. The predicted octanol–water partition coefficient (Wildman–Crippen LogP) is 4.85. The molecule has 1 aromatic heterocycles. The largest absolute Gasteiger partial charge is 0.390 e. The Morgan fingerprint density at radius 2 is 1.79 bits per heavy atom. The van der Waals surface area contributed by atoms with E-state index in [4.69, 9.17) is 11.6 Å². The summed E-state index contributed by atoms with van der Waals surface area (Å²) in [7, 11) is 0. The van der Waals surface area contributed by atoms with Crippen molar-refractivity contribution in [3.8, 4) is 5.69 Å². The zero-order valence-corrected chi connectivity index (χ0v) is 18.5. The van der Waals surface area contributed by atoms with Crippen molar-refractivity contribution in [2.24, 2.45) is 0 Å². The predicted molar refractivity (Wildman–Crippen MR) is 122 cm³/mol. The summed E-state index contributed by atoms with van der Waals surface area (Å²) in [6.45, 7) is 2.09. The first kappa shape index (κ1) is 23.1. The Morgan fingerprint density at radius 3 is 2.42 bits per heavy atom. The van der Waals surface area contributed by atoms with Crippen molar-refractivity contribution in [1.29, 1.82) is 0 Å². The lowest BCUT2D eigenvalue weighted by Crippen LogP contribution is -2.47. The molecule has 0 atom stereocenters. The van der Waals surface area contributed by atoms with Gasteiger partial charge in [0, 0.05) is 61.4 Å². The van der Waals surface area contributed by atoms with E-state index in [9.17, 15) is 18.0 Å². The van der Waals surface area contributed by atoms with Gasteiger partial charge in [-0.15, -0.1) is 0 Å². The summed E-state index contributed by atoms with van der Waals surface area (Å²) in [5, 5.41) is 3.46. The number of piperazine rings is 1. The van der Waals surface area contributed by atoms with Crippen molar-refractivity contribution in [1.82, 2.24) is 14.5 Å². The van der Waals surface area contributed by atoms with Gasteiger partial charge < -0.3 is 14.8 Å². The van der Waals surface area contributed by atoms with E-state index in [1.54, 1.807) is 47.8 Å². The number of benzene rings is 2. The maximum absolute atomic E-state index is 12.9. The molecule has 1 fully saturated rings. The van der Waals surface area contributed by atoms with E-state index in [1.807, 2.05) is 27.8 Å². The lowest BCUT2D eigenvalue weighted by molar-refractivity contribution is -0.138. The number of rotatable bonds is 6. The Balaban J connectivity index is 1.42. The molecule has 1 amide bonds. The molecule has 2 aromatic carbocycles. The van der Waals surface area contributed by atoms with Crippen LogP contribution in [0.15, 0.2) is 61.2 Å². The van der Waals surface area contributed by atoms with E-state index in [-0.39, 0.29) is 12.5 Å². The molecule has 174 valence electrons. The SMILES string of the molecule is O=C(Nc1ccc(Cl)cc1N1CCN(CCC(F)(F)F)CC1)c1ccc(-n2ccnc2)cc1. The molecule has 0 radical (unpaired) electrons. The minimum absolute atomic E-state index is 0.00839. The number of imidazole rings is 1. The van der Waals surface area contributed by atoms with Crippen LogP contribution in [0.1, 0.15) is 16.8 Å². The number of halogens is 4. The van der Waals surface area contributed by atoms with E-state index in [2.05, 4.69) is 10.3 Å². The number of hydrogen-bond acceptors (Lipinski definition) is 4. The molecule has 10 heteroatoms. The van der Waals surface area contributed by atoms with Gasteiger partial charge in [0.15, 0.2) is 0 Å². The van der Waals surface area contributed by atoms with Crippen LogP contribution in [-0.4, -0.2) is 59.3 Å². The number of hydrogen-bond donors (Lipinski definition) is 1. The number of anilines is 2. The quantitative estimate of drug-likeness (QED) is 0.551. The molecule has 0 bridgehead atoms. The van der Waals surface area contributed by atoms with Gasteiger partial charge in [-0.3, -0.25) is 9.69 Å². The molecule has 1 aliphatic rings. The molecule has 0 aliphatic carbocycles. The van der Waals surface area contributed by atoms with Gasteiger partial charge in [0.05, 0.1) is 24.1 Å². The molecule has 0 unspecified atom stereocenters. The fraction of sp³-hybridized carbons (Fsp3) is 0.304. The van der Waals surface area contributed by atoms with Crippen LogP contribution in [-0.2, 0) is 0 Å². The fourth-order valence-corrected chi connectivity index (χ4v) is 3.93. The van der Waals surface area contributed by atoms with E-state index >= 15 is 0 Å². The van der Waals surface area contributed by atoms with E-state index in [1.165, 1.54) is 0 Å². The van der Waals surface area contributed by atoms with Gasteiger partial charge in [-0.25, -0.2) is 4.98 Å². The Bertz CT molecular complexity index is 1080. The van der Waals surface area contributed by atoms with Crippen molar-refractivity contribution < 1.29 is 18.0 Å².